The Labute approximate surface area is 132 Å². The predicted molar refractivity (Wildman–Crippen MR) is 82.3 cm³/mol. The zero-order valence-corrected chi connectivity index (χ0v) is 13.2. The minimum Gasteiger partial charge on any atom is -0.490 e. The second-order valence-corrected chi connectivity index (χ2v) is 6.74. The van der Waals surface area contributed by atoms with Crippen LogP contribution < -0.4 is 9.88 Å². The maximum absolute atomic E-state index is 11.5. The van der Waals surface area contributed by atoms with Gasteiger partial charge in [-0.25, -0.2) is 13.6 Å². The highest BCUT2D eigenvalue weighted by molar-refractivity contribution is 7.89. The van der Waals surface area contributed by atoms with E-state index >= 15 is 0 Å². The minimum absolute atomic E-state index is 0.0158. The number of nitrogens with two attached hydrogens (primary N) is 1. The van der Waals surface area contributed by atoms with E-state index in [0.29, 0.717) is 5.75 Å². The molecule has 0 aliphatic rings. The summed E-state index contributed by atoms with van der Waals surface area (Å²) in [7, 11) is -3.70. The normalized spacial score (nSPS) is 11.1. The third-order valence-electron chi connectivity index (χ3n) is 2.70. The van der Waals surface area contributed by atoms with E-state index in [9.17, 15) is 13.2 Å². The molecule has 2 N–H and O–H groups in total. The molecule has 1 heterocycles. The summed E-state index contributed by atoms with van der Waals surface area (Å²) >= 11 is 1.53. The lowest BCUT2D eigenvalue weighted by Gasteiger charge is -2.07. The first-order chi connectivity index (χ1) is 10.4. The lowest BCUT2D eigenvalue weighted by Crippen LogP contribution is -2.14. The number of thiophene rings is 1. The van der Waals surface area contributed by atoms with Crippen molar-refractivity contribution in [1.29, 1.82) is 0 Å². The smallest absolute Gasteiger partial charge is 0.310 e. The number of sulfonamides is 1. The van der Waals surface area contributed by atoms with Gasteiger partial charge in [-0.15, -0.1) is 0 Å². The average Bonchev–Trinajstić information content (AvgIpc) is 2.96. The molecule has 22 heavy (non-hydrogen) atoms. The molecule has 0 atom stereocenters. The van der Waals surface area contributed by atoms with E-state index in [0.717, 1.165) is 5.56 Å². The molecule has 1 aromatic carbocycles. The van der Waals surface area contributed by atoms with Gasteiger partial charge in [-0.3, -0.25) is 4.79 Å². The lowest BCUT2D eigenvalue weighted by molar-refractivity contribution is -0.143. The number of benzene rings is 1. The quantitative estimate of drug-likeness (QED) is 0.609. The molecule has 6 nitrogen and oxygen atoms in total. The number of primary sulfonamides is 1. The molecule has 2 aromatic rings. The van der Waals surface area contributed by atoms with E-state index in [1.807, 2.05) is 16.8 Å². The average molecular weight is 341 g/mol. The molecule has 118 valence electrons. The first-order valence-corrected chi connectivity index (χ1v) is 8.86. The Morgan fingerprint density at radius 1 is 1.14 bits per heavy atom. The Bertz CT molecular complexity index is 708. The first-order valence-electron chi connectivity index (χ1n) is 6.37. The van der Waals surface area contributed by atoms with Crippen molar-refractivity contribution in [2.24, 2.45) is 5.14 Å². The Hall–Kier alpha value is -1.90. The molecule has 1 aromatic heterocycles. The van der Waals surface area contributed by atoms with Crippen molar-refractivity contribution >= 4 is 27.3 Å². The summed E-state index contributed by atoms with van der Waals surface area (Å²) in [4.78, 5) is 11.5. The Balaban J connectivity index is 1.71. The van der Waals surface area contributed by atoms with E-state index in [-0.39, 0.29) is 30.5 Å². The van der Waals surface area contributed by atoms with Crippen LogP contribution in [0.5, 0.6) is 5.75 Å². The van der Waals surface area contributed by atoms with Gasteiger partial charge in [0.15, 0.2) is 0 Å². The molecule has 8 heteroatoms. The van der Waals surface area contributed by atoms with E-state index in [1.165, 1.54) is 35.6 Å². The largest absolute Gasteiger partial charge is 0.490 e. The summed E-state index contributed by atoms with van der Waals surface area (Å²) in [5.74, 6) is 0.160. The summed E-state index contributed by atoms with van der Waals surface area (Å²) in [6.07, 6.45) is 0.243. The third-order valence-corrected chi connectivity index (χ3v) is 4.36. The highest BCUT2D eigenvalue weighted by atomic mass is 32.2. The molecule has 0 aliphatic heterocycles. The summed E-state index contributed by atoms with van der Waals surface area (Å²) in [5.41, 5.74) is 0.925. The fourth-order valence-corrected chi connectivity index (χ4v) is 2.84. The van der Waals surface area contributed by atoms with Crippen LogP contribution in [0.3, 0.4) is 0 Å². The molecule has 0 spiro atoms. The fraction of sp³-hybridized carbons (Fsp3) is 0.214. The standard InChI is InChI=1S/C14H15NO5S2/c15-22(17,18)13-3-1-12(2-4-13)19-6-7-20-14(16)9-11-5-8-21-10-11/h1-5,8,10H,6-7,9H2,(H2,15,17,18). The van der Waals surface area contributed by atoms with Gasteiger partial charge in [-0.2, -0.15) is 11.3 Å². The number of esters is 1. The lowest BCUT2D eigenvalue weighted by atomic mass is 10.2. The summed E-state index contributed by atoms with van der Waals surface area (Å²) in [5, 5.41) is 8.79. The molecule has 0 amide bonds. The van der Waals surface area contributed by atoms with Gasteiger partial charge in [0.1, 0.15) is 19.0 Å². The highest BCUT2D eigenvalue weighted by Crippen LogP contribution is 2.14. The van der Waals surface area contributed by atoms with Crippen LogP contribution in [0, 0.1) is 0 Å². The number of hydrogen-bond acceptors (Lipinski definition) is 6. The Kier molecular flexibility index (Phi) is 5.53. The first kappa shape index (κ1) is 16.5. The van der Waals surface area contributed by atoms with Crippen molar-refractivity contribution < 1.29 is 22.7 Å². The highest BCUT2D eigenvalue weighted by Gasteiger charge is 2.07. The van der Waals surface area contributed by atoms with Crippen molar-refractivity contribution in [3.05, 3.63) is 46.7 Å². The van der Waals surface area contributed by atoms with Crippen LogP contribution in [0.4, 0.5) is 0 Å². The van der Waals surface area contributed by atoms with Gasteiger partial charge >= 0.3 is 5.97 Å². The van der Waals surface area contributed by atoms with Gasteiger partial charge in [0.25, 0.3) is 0 Å². The van der Waals surface area contributed by atoms with Crippen LogP contribution in [-0.4, -0.2) is 27.6 Å². The fourth-order valence-electron chi connectivity index (χ4n) is 1.65. The monoisotopic (exact) mass is 341 g/mol. The van der Waals surface area contributed by atoms with Crippen molar-refractivity contribution in [2.45, 2.75) is 11.3 Å². The topological polar surface area (TPSA) is 95.7 Å². The summed E-state index contributed by atoms with van der Waals surface area (Å²) < 4.78 is 32.6. The van der Waals surface area contributed by atoms with E-state index in [1.54, 1.807) is 0 Å². The number of ether oxygens (including phenoxy) is 2. The molecule has 0 radical (unpaired) electrons. The molecule has 0 unspecified atom stereocenters. The minimum atomic E-state index is -3.70. The molecule has 0 bridgehead atoms. The van der Waals surface area contributed by atoms with Crippen molar-refractivity contribution in [2.75, 3.05) is 13.2 Å². The molecule has 0 saturated heterocycles. The maximum Gasteiger partial charge on any atom is 0.310 e. The molecule has 0 fully saturated rings. The van der Waals surface area contributed by atoms with Gasteiger partial charge in [0, 0.05) is 0 Å². The van der Waals surface area contributed by atoms with Gasteiger partial charge in [0.05, 0.1) is 11.3 Å². The van der Waals surface area contributed by atoms with E-state index in [4.69, 9.17) is 14.6 Å². The Morgan fingerprint density at radius 3 is 2.45 bits per heavy atom. The Morgan fingerprint density at radius 2 is 1.86 bits per heavy atom. The van der Waals surface area contributed by atoms with E-state index in [2.05, 4.69) is 0 Å². The second kappa shape index (κ2) is 7.39. The predicted octanol–water partition coefficient (Wildman–Crippen LogP) is 1.56. The molecule has 0 saturated carbocycles. The van der Waals surface area contributed by atoms with Crippen LogP contribution in [0.15, 0.2) is 46.0 Å². The van der Waals surface area contributed by atoms with Gasteiger partial charge in [-0.1, -0.05) is 0 Å². The molecule has 0 aliphatic carbocycles. The van der Waals surface area contributed by atoms with Crippen molar-refractivity contribution in [3.8, 4) is 5.75 Å². The van der Waals surface area contributed by atoms with Crippen LogP contribution in [0.1, 0.15) is 5.56 Å². The van der Waals surface area contributed by atoms with Gasteiger partial charge in [0.2, 0.25) is 10.0 Å². The van der Waals surface area contributed by atoms with Crippen LogP contribution in [0.2, 0.25) is 0 Å². The third kappa shape index (κ3) is 5.14. The second-order valence-electron chi connectivity index (χ2n) is 4.39. The zero-order chi connectivity index (χ0) is 16.0. The summed E-state index contributed by atoms with van der Waals surface area (Å²) in [6, 6.07) is 7.57. The molecular weight excluding hydrogens is 326 g/mol. The number of rotatable bonds is 7. The maximum atomic E-state index is 11.5. The number of hydrogen-bond donors (Lipinski definition) is 1. The number of carbonyl (C=O) groups excluding carboxylic acids is 1. The van der Waals surface area contributed by atoms with Gasteiger partial charge in [-0.05, 0) is 46.7 Å². The molecule has 2 rings (SSSR count). The van der Waals surface area contributed by atoms with Crippen LogP contribution >= 0.6 is 11.3 Å². The van der Waals surface area contributed by atoms with Crippen LogP contribution in [0.25, 0.3) is 0 Å². The van der Waals surface area contributed by atoms with Crippen molar-refractivity contribution in [3.63, 3.8) is 0 Å². The van der Waals surface area contributed by atoms with Crippen LogP contribution in [-0.2, 0) is 26.0 Å². The molecular formula is C14H15NO5S2. The van der Waals surface area contributed by atoms with Gasteiger partial charge < -0.3 is 9.47 Å². The van der Waals surface area contributed by atoms with E-state index < -0.39 is 10.0 Å². The van der Waals surface area contributed by atoms with Crippen molar-refractivity contribution in [1.82, 2.24) is 0 Å². The zero-order valence-electron chi connectivity index (χ0n) is 11.6. The SMILES string of the molecule is NS(=O)(=O)c1ccc(OCCOC(=O)Cc2ccsc2)cc1. The number of carbonyl (C=O) groups is 1. The summed E-state index contributed by atoms with van der Waals surface area (Å²) in [6.45, 7) is 0.310.